The summed E-state index contributed by atoms with van der Waals surface area (Å²) >= 11 is 0. The predicted molar refractivity (Wildman–Crippen MR) is 415 cm³/mol. The highest BCUT2D eigenvalue weighted by Gasteiger charge is 2.18. The van der Waals surface area contributed by atoms with E-state index in [1.54, 1.807) is 0 Å². The van der Waals surface area contributed by atoms with E-state index in [2.05, 4.69) is 297 Å². The van der Waals surface area contributed by atoms with E-state index in [1.165, 1.54) is 65.3 Å². The Balaban J connectivity index is 0.000000150. The number of nitrogens with zero attached hydrogens (tertiary/aromatic N) is 6. The fraction of sp³-hybridized carbons (Fsp3) is 0. The first-order valence-electron chi connectivity index (χ1n) is 33.7. The molecule has 6 nitrogen and oxygen atoms in total. The molecular formula is C94H62N6. The summed E-state index contributed by atoms with van der Waals surface area (Å²) in [5.41, 5.74) is 19.5. The van der Waals surface area contributed by atoms with Crippen molar-refractivity contribution in [2.24, 2.45) is 0 Å². The highest BCUT2D eigenvalue weighted by molar-refractivity contribution is 5.96. The molecule has 0 aliphatic carbocycles. The zero-order valence-corrected chi connectivity index (χ0v) is 54.5. The third-order valence-electron chi connectivity index (χ3n) is 18.6. The maximum atomic E-state index is 5.11. The highest BCUT2D eigenvalue weighted by atomic mass is 15.0. The first-order valence-corrected chi connectivity index (χ1v) is 33.7. The van der Waals surface area contributed by atoms with E-state index in [9.17, 15) is 0 Å². The molecule has 6 heteroatoms. The summed E-state index contributed by atoms with van der Waals surface area (Å²) in [4.78, 5) is 30.2. The normalized spacial score (nSPS) is 11.2. The van der Waals surface area contributed by atoms with Crippen LogP contribution in [0.15, 0.2) is 376 Å². The quantitative estimate of drug-likeness (QED) is 0.121. The van der Waals surface area contributed by atoms with Crippen LogP contribution in [0.1, 0.15) is 0 Å². The standard InChI is InChI=1S/2C47H31N3/c1-3-11-32(12-4-1)36-17-9-19-43(30-36)46-48-45(34-14-5-2-6-15-34)49-47(50-46)44-20-10-18-37(31-44)38-23-24-42-29-41(26-25-40(42)28-38)39-22-21-33-13-7-8-16-35(33)27-39;1-3-13-33(14-4-1)43-20-9-10-21-44(43)47-49-45(34-15-5-2-6-16-34)48-46(50-47)42-19-11-18-36(31-42)37-24-25-41-30-40(27-26-39(41)29-37)38-23-22-32-12-7-8-17-35(32)28-38/h2*1-31H. The van der Waals surface area contributed by atoms with E-state index in [0.717, 1.165) is 77.9 Å². The minimum absolute atomic E-state index is 0.638. The van der Waals surface area contributed by atoms with Gasteiger partial charge in [0.1, 0.15) is 0 Å². The van der Waals surface area contributed by atoms with Crippen LogP contribution >= 0.6 is 0 Å². The average Bonchev–Trinajstić information content (AvgIpc) is 0.795. The summed E-state index contributed by atoms with van der Waals surface area (Å²) in [5, 5.41) is 9.83. The van der Waals surface area contributed by atoms with E-state index >= 15 is 0 Å². The lowest BCUT2D eigenvalue weighted by Gasteiger charge is -2.12. The van der Waals surface area contributed by atoms with Crippen molar-refractivity contribution in [3.8, 4) is 135 Å². The van der Waals surface area contributed by atoms with E-state index in [4.69, 9.17) is 29.9 Å². The molecule has 0 fully saturated rings. The Bertz CT molecular complexity index is 6040. The maximum absolute atomic E-state index is 5.11. The largest absolute Gasteiger partial charge is 0.208 e. The summed E-state index contributed by atoms with van der Waals surface area (Å²) in [6, 6.07) is 132. The Hall–Kier alpha value is -13.4. The van der Waals surface area contributed by atoms with Crippen LogP contribution in [0.5, 0.6) is 0 Å². The smallest absolute Gasteiger partial charge is 0.164 e. The average molecular weight is 1280 g/mol. The van der Waals surface area contributed by atoms with Gasteiger partial charge in [0, 0.05) is 33.4 Å². The van der Waals surface area contributed by atoms with Gasteiger partial charge in [-0.15, -0.1) is 0 Å². The molecule has 0 spiro atoms. The Morgan fingerprint density at radius 2 is 0.330 bits per heavy atom. The van der Waals surface area contributed by atoms with Gasteiger partial charge in [-0.2, -0.15) is 0 Å². The zero-order valence-electron chi connectivity index (χ0n) is 54.5. The number of hydrogen-bond donors (Lipinski definition) is 0. The molecule has 2 aromatic heterocycles. The molecule has 18 aromatic rings. The lowest BCUT2D eigenvalue weighted by Crippen LogP contribution is -2.01. The summed E-state index contributed by atoms with van der Waals surface area (Å²) in [5.74, 6) is 3.86. The second kappa shape index (κ2) is 27.0. The molecule has 18 rings (SSSR count). The van der Waals surface area contributed by atoms with Crippen LogP contribution in [0.25, 0.3) is 178 Å². The van der Waals surface area contributed by atoms with Crippen LogP contribution in [0.2, 0.25) is 0 Å². The van der Waals surface area contributed by atoms with Gasteiger partial charge in [-0.1, -0.05) is 322 Å². The van der Waals surface area contributed by atoms with Crippen molar-refractivity contribution in [3.63, 3.8) is 0 Å². The minimum Gasteiger partial charge on any atom is -0.208 e. The van der Waals surface area contributed by atoms with Gasteiger partial charge in [-0.25, -0.2) is 29.9 Å². The lowest BCUT2D eigenvalue weighted by molar-refractivity contribution is 1.07. The lowest BCUT2D eigenvalue weighted by atomic mass is 9.96. The first kappa shape index (κ1) is 60.3. The summed E-state index contributed by atoms with van der Waals surface area (Å²) in [6.07, 6.45) is 0. The van der Waals surface area contributed by atoms with E-state index in [0.29, 0.717) is 34.9 Å². The minimum atomic E-state index is 0.638. The van der Waals surface area contributed by atoms with Crippen LogP contribution in [0, 0.1) is 0 Å². The first-order chi connectivity index (χ1) is 49.5. The molecule has 2 heterocycles. The molecule has 100 heavy (non-hydrogen) atoms. The fourth-order valence-corrected chi connectivity index (χ4v) is 13.3. The van der Waals surface area contributed by atoms with Crippen molar-refractivity contribution >= 4 is 43.1 Å². The molecule has 0 saturated carbocycles. The van der Waals surface area contributed by atoms with Gasteiger partial charge in [0.15, 0.2) is 34.9 Å². The van der Waals surface area contributed by atoms with Gasteiger partial charge in [0.2, 0.25) is 0 Å². The van der Waals surface area contributed by atoms with Crippen molar-refractivity contribution in [3.05, 3.63) is 376 Å². The fourth-order valence-electron chi connectivity index (χ4n) is 13.3. The van der Waals surface area contributed by atoms with Crippen molar-refractivity contribution in [1.82, 2.24) is 29.9 Å². The van der Waals surface area contributed by atoms with Crippen molar-refractivity contribution < 1.29 is 0 Å². The summed E-state index contributed by atoms with van der Waals surface area (Å²) in [7, 11) is 0. The molecule has 0 aliphatic heterocycles. The van der Waals surface area contributed by atoms with E-state index in [-0.39, 0.29) is 0 Å². The number of aromatic nitrogens is 6. The SMILES string of the molecule is c1ccc(-c2cccc(-c3nc(-c4ccccc4)nc(-c4cccc(-c5ccc6cc(-c7ccc8ccccc8c7)ccc6c5)c4)n3)c2)cc1.c1ccc(-c2nc(-c3cccc(-c4ccc5cc(-c6ccc7ccccc7c6)ccc5c4)c3)nc(-c3ccccc3-c3ccccc3)n2)cc1. The molecule has 0 N–H and O–H groups in total. The van der Waals surface area contributed by atoms with Crippen LogP contribution in [-0.2, 0) is 0 Å². The Morgan fingerprint density at radius 3 is 0.690 bits per heavy atom. The van der Waals surface area contributed by atoms with Crippen LogP contribution in [0.4, 0.5) is 0 Å². The van der Waals surface area contributed by atoms with Gasteiger partial charge in [-0.05, 0) is 164 Å². The molecule has 0 radical (unpaired) electrons. The second-order valence-electron chi connectivity index (χ2n) is 25.0. The third-order valence-corrected chi connectivity index (χ3v) is 18.6. The van der Waals surface area contributed by atoms with Crippen LogP contribution in [0.3, 0.4) is 0 Å². The highest BCUT2D eigenvalue weighted by Crippen LogP contribution is 2.38. The molecular weight excluding hydrogens is 1210 g/mol. The van der Waals surface area contributed by atoms with Gasteiger partial charge in [0.25, 0.3) is 0 Å². The van der Waals surface area contributed by atoms with E-state index < -0.39 is 0 Å². The monoisotopic (exact) mass is 1270 g/mol. The van der Waals surface area contributed by atoms with Gasteiger partial charge in [-0.3, -0.25) is 0 Å². The summed E-state index contributed by atoms with van der Waals surface area (Å²) < 4.78 is 0. The van der Waals surface area contributed by atoms with Crippen LogP contribution < -0.4 is 0 Å². The molecule has 0 unspecified atom stereocenters. The number of hydrogen-bond acceptors (Lipinski definition) is 6. The van der Waals surface area contributed by atoms with Gasteiger partial charge in [0.05, 0.1) is 0 Å². The molecule has 0 atom stereocenters. The molecule has 0 amide bonds. The molecule has 0 saturated heterocycles. The molecule has 0 aliphatic rings. The third kappa shape index (κ3) is 12.7. The number of benzene rings is 16. The number of fused-ring (bicyclic) bond motifs is 4. The van der Waals surface area contributed by atoms with E-state index in [1.807, 2.05) is 78.9 Å². The molecule has 16 aromatic carbocycles. The Kier molecular flexibility index (Phi) is 16.3. The molecule has 0 bridgehead atoms. The summed E-state index contributed by atoms with van der Waals surface area (Å²) in [6.45, 7) is 0. The van der Waals surface area contributed by atoms with Crippen LogP contribution in [-0.4, -0.2) is 29.9 Å². The van der Waals surface area contributed by atoms with Crippen molar-refractivity contribution in [1.29, 1.82) is 0 Å². The zero-order chi connectivity index (χ0) is 66.6. The second-order valence-corrected chi connectivity index (χ2v) is 25.0. The van der Waals surface area contributed by atoms with Gasteiger partial charge < -0.3 is 0 Å². The Morgan fingerprint density at radius 1 is 0.110 bits per heavy atom. The number of rotatable bonds is 12. The van der Waals surface area contributed by atoms with Crippen molar-refractivity contribution in [2.45, 2.75) is 0 Å². The Labute approximate surface area is 580 Å². The maximum Gasteiger partial charge on any atom is 0.164 e. The predicted octanol–water partition coefficient (Wildman–Crippen LogP) is 24.4. The van der Waals surface area contributed by atoms with Crippen molar-refractivity contribution in [2.75, 3.05) is 0 Å². The molecule has 468 valence electrons. The van der Waals surface area contributed by atoms with Gasteiger partial charge >= 0.3 is 0 Å². The topological polar surface area (TPSA) is 77.3 Å².